The minimum absolute atomic E-state index is 0. The molecule has 4 nitrogen and oxygen atoms in total. The van der Waals surface area contributed by atoms with Gasteiger partial charge in [0, 0.05) is 26.2 Å². The van der Waals surface area contributed by atoms with E-state index in [1.165, 1.54) is 0 Å². The van der Waals surface area contributed by atoms with E-state index in [4.69, 9.17) is 0 Å². The van der Waals surface area contributed by atoms with Crippen LogP contribution in [0.15, 0.2) is 37.5 Å². The summed E-state index contributed by atoms with van der Waals surface area (Å²) >= 11 is 0. The molecular weight excluding hydrogens is 390 g/mol. The highest BCUT2D eigenvalue weighted by molar-refractivity contribution is 5.86. The summed E-state index contributed by atoms with van der Waals surface area (Å²) in [4.78, 5) is 0. The van der Waals surface area contributed by atoms with E-state index >= 15 is 0 Å². The Bertz CT molecular complexity index is 230. The molecule has 148 valence electrons. The van der Waals surface area contributed by atoms with Crippen LogP contribution in [0, 0.1) is 0 Å². The highest BCUT2D eigenvalue weighted by Crippen LogP contribution is 1.77. The second-order valence-electron chi connectivity index (χ2n) is 4.57. The van der Waals surface area contributed by atoms with Crippen LogP contribution in [0.3, 0.4) is 0 Å². The number of hydrogen-bond donors (Lipinski definition) is 4. The summed E-state index contributed by atoms with van der Waals surface area (Å²) < 4.78 is 0. The molecule has 0 unspecified atom stereocenters. The SMILES string of the molecule is C=CCNCCCNC/C=C/CNCCCNCC=C.Cl.Cl.Cl.Cl. The van der Waals surface area contributed by atoms with E-state index in [2.05, 4.69) is 46.6 Å². The number of halogens is 4. The van der Waals surface area contributed by atoms with E-state index in [0.29, 0.717) is 0 Å². The Balaban J connectivity index is -0.000000301. The molecule has 0 rings (SSSR count). The van der Waals surface area contributed by atoms with Crippen LogP contribution >= 0.6 is 49.6 Å². The molecule has 0 spiro atoms. The average Bonchev–Trinajstić information content (AvgIpc) is 2.47. The van der Waals surface area contributed by atoms with Gasteiger partial charge in [-0.2, -0.15) is 0 Å². The van der Waals surface area contributed by atoms with Crippen molar-refractivity contribution >= 4 is 49.6 Å². The van der Waals surface area contributed by atoms with Gasteiger partial charge in [0.05, 0.1) is 0 Å². The second kappa shape index (κ2) is 34.5. The Morgan fingerprint density at radius 2 is 0.792 bits per heavy atom. The minimum Gasteiger partial charge on any atom is -0.313 e. The molecule has 0 atom stereocenters. The van der Waals surface area contributed by atoms with Gasteiger partial charge in [0.15, 0.2) is 0 Å². The first-order valence-electron chi connectivity index (χ1n) is 7.61. The van der Waals surface area contributed by atoms with E-state index < -0.39 is 0 Å². The van der Waals surface area contributed by atoms with Crippen LogP contribution < -0.4 is 21.3 Å². The molecule has 0 heterocycles. The maximum absolute atomic E-state index is 3.67. The van der Waals surface area contributed by atoms with Gasteiger partial charge in [0.1, 0.15) is 0 Å². The molecule has 8 heteroatoms. The Morgan fingerprint density at radius 1 is 0.500 bits per heavy atom. The lowest BCUT2D eigenvalue weighted by Gasteiger charge is -2.03. The highest BCUT2D eigenvalue weighted by atomic mass is 35.5. The second-order valence-corrected chi connectivity index (χ2v) is 4.57. The summed E-state index contributed by atoms with van der Waals surface area (Å²) in [5.41, 5.74) is 0. The van der Waals surface area contributed by atoms with Crippen molar-refractivity contribution < 1.29 is 0 Å². The monoisotopic (exact) mass is 424 g/mol. The lowest BCUT2D eigenvalue weighted by atomic mass is 10.4. The van der Waals surface area contributed by atoms with Crippen molar-refractivity contribution in [2.75, 3.05) is 52.4 Å². The molecule has 0 aromatic carbocycles. The number of rotatable bonds is 16. The third kappa shape index (κ3) is 33.7. The van der Waals surface area contributed by atoms with Gasteiger partial charge in [-0.3, -0.25) is 0 Å². The largest absolute Gasteiger partial charge is 0.313 e. The van der Waals surface area contributed by atoms with Crippen molar-refractivity contribution in [2.24, 2.45) is 0 Å². The Labute approximate surface area is 173 Å². The van der Waals surface area contributed by atoms with Crippen molar-refractivity contribution in [3.8, 4) is 0 Å². The van der Waals surface area contributed by atoms with Crippen LogP contribution in [0.4, 0.5) is 0 Å². The molecule has 0 aromatic rings. The first-order valence-corrected chi connectivity index (χ1v) is 7.61. The molecule has 0 bridgehead atoms. The van der Waals surface area contributed by atoms with Gasteiger partial charge in [-0.25, -0.2) is 0 Å². The lowest BCUT2D eigenvalue weighted by molar-refractivity contribution is 0.634. The van der Waals surface area contributed by atoms with Gasteiger partial charge in [-0.1, -0.05) is 24.3 Å². The van der Waals surface area contributed by atoms with Crippen LogP contribution in [0.1, 0.15) is 12.8 Å². The maximum atomic E-state index is 3.67. The maximum Gasteiger partial charge on any atom is 0.0135 e. The Kier molecular flexibility index (Phi) is 50.9. The molecule has 24 heavy (non-hydrogen) atoms. The van der Waals surface area contributed by atoms with Crippen molar-refractivity contribution in [1.29, 1.82) is 0 Å². The van der Waals surface area contributed by atoms with Gasteiger partial charge >= 0.3 is 0 Å². The van der Waals surface area contributed by atoms with Gasteiger partial charge in [0.2, 0.25) is 0 Å². The number of hydrogen-bond acceptors (Lipinski definition) is 4. The number of nitrogens with one attached hydrogen (secondary N) is 4. The van der Waals surface area contributed by atoms with Crippen molar-refractivity contribution in [3.05, 3.63) is 37.5 Å². The minimum atomic E-state index is 0. The zero-order chi connectivity index (χ0) is 14.7. The Hall–Kier alpha value is 0.220. The van der Waals surface area contributed by atoms with Gasteiger partial charge in [-0.05, 0) is 39.0 Å². The molecule has 0 fully saturated rings. The molecule has 0 saturated heterocycles. The normalized spacial score (nSPS) is 9.17. The predicted molar refractivity (Wildman–Crippen MR) is 119 cm³/mol. The van der Waals surface area contributed by atoms with Crippen molar-refractivity contribution in [3.63, 3.8) is 0 Å². The van der Waals surface area contributed by atoms with E-state index in [9.17, 15) is 0 Å². The van der Waals surface area contributed by atoms with Crippen LogP contribution in [0.2, 0.25) is 0 Å². The van der Waals surface area contributed by atoms with Gasteiger partial charge in [0.25, 0.3) is 0 Å². The summed E-state index contributed by atoms with van der Waals surface area (Å²) in [6.45, 7) is 15.2. The van der Waals surface area contributed by atoms with Crippen LogP contribution in [-0.4, -0.2) is 52.4 Å². The molecule has 0 amide bonds. The van der Waals surface area contributed by atoms with Crippen LogP contribution in [0.25, 0.3) is 0 Å². The van der Waals surface area contributed by atoms with Crippen LogP contribution in [-0.2, 0) is 0 Å². The van der Waals surface area contributed by atoms with E-state index in [-0.39, 0.29) is 49.6 Å². The summed E-state index contributed by atoms with van der Waals surface area (Å²) in [5, 5.41) is 13.3. The van der Waals surface area contributed by atoms with Gasteiger partial charge < -0.3 is 21.3 Å². The fraction of sp³-hybridized carbons (Fsp3) is 0.625. The fourth-order valence-corrected chi connectivity index (χ4v) is 1.62. The molecule has 0 aliphatic heterocycles. The van der Waals surface area contributed by atoms with E-state index in [1.807, 2.05) is 12.2 Å². The quantitative estimate of drug-likeness (QED) is 0.227. The first-order chi connectivity index (χ1) is 9.91. The average molecular weight is 426 g/mol. The standard InChI is InChI=1S/C16H32N4.4ClH/c1-3-9-17-13-7-15-19-11-5-6-12-20-16-8-14-18-10-4-2;;;;/h3-6,17-20H,1-2,7-16H2;4*1H/b6-5+;;;;. The van der Waals surface area contributed by atoms with Crippen molar-refractivity contribution in [1.82, 2.24) is 21.3 Å². The molecular formula is C16H36Cl4N4. The summed E-state index contributed by atoms with van der Waals surface area (Å²) in [6, 6.07) is 0. The predicted octanol–water partition coefficient (Wildman–Crippen LogP) is 2.74. The molecule has 0 aromatic heterocycles. The molecule has 0 saturated carbocycles. The Morgan fingerprint density at radius 3 is 1.08 bits per heavy atom. The zero-order valence-corrected chi connectivity index (χ0v) is 17.7. The lowest BCUT2D eigenvalue weighted by Crippen LogP contribution is -2.23. The zero-order valence-electron chi connectivity index (χ0n) is 14.4. The summed E-state index contributed by atoms with van der Waals surface area (Å²) in [7, 11) is 0. The van der Waals surface area contributed by atoms with Gasteiger partial charge in [-0.15, -0.1) is 62.8 Å². The summed E-state index contributed by atoms with van der Waals surface area (Å²) in [6.07, 6.45) is 10.4. The molecule has 0 aliphatic rings. The molecule has 0 radical (unpaired) electrons. The first kappa shape index (κ1) is 35.4. The molecule has 0 aliphatic carbocycles. The van der Waals surface area contributed by atoms with E-state index in [0.717, 1.165) is 65.2 Å². The topological polar surface area (TPSA) is 48.1 Å². The summed E-state index contributed by atoms with van der Waals surface area (Å²) in [5.74, 6) is 0. The third-order valence-corrected chi connectivity index (χ3v) is 2.68. The molecule has 4 N–H and O–H groups in total. The van der Waals surface area contributed by atoms with E-state index in [1.54, 1.807) is 0 Å². The fourth-order valence-electron chi connectivity index (χ4n) is 1.62. The van der Waals surface area contributed by atoms with Crippen LogP contribution in [0.5, 0.6) is 0 Å². The third-order valence-electron chi connectivity index (χ3n) is 2.68. The van der Waals surface area contributed by atoms with Crippen molar-refractivity contribution in [2.45, 2.75) is 12.8 Å². The highest BCUT2D eigenvalue weighted by Gasteiger charge is 1.87. The smallest absolute Gasteiger partial charge is 0.0135 e.